The number of rotatable bonds is 5. The molecule has 0 aliphatic carbocycles. The highest BCUT2D eigenvalue weighted by molar-refractivity contribution is 6.30. The second kappa shape index (κ2) is 6.73. The van der Waals surface area contributed by atoms with Gasteiger partial charge in [-0.3, -0.25) is 0 Å². The normalized spacial score (nSPS) is 12.4. The van der Waals surface area contributed by atoms with E-state index >= 15 is 0 Å². The predicted octanol–water partition coefficient (Wildman–Crippen LogP) is 3.76. The maximum atomic E-state index is 5.84. The highest BCUT2D eigenvalue weighted by Gasteiger charge is 2.13. The summed E-state index contributed by atoms with van der Waals surface area (Å²) in [7, 11) is 4.17. The van der Waals surface area contributed by atoms with Crippen molar-refractivity contribution in [2.75, 3.05) is 26.0 Å². The molecule has 1 atom stereocenters. The van der Waals surface area contributed by atoms with Crippen molar-refractivity contribution >= 4 is 17.4 Å². The van der Waals surface area contributed by atoms with Gasteiger partial charge in [-0.15, -0.1) is 0 Å². The third-order valence-electron chi connectivity index (χ3n) is 3.29. The summed E-state index contributed by atoms with van der Waals surface area (Å²) in [5.74, 6) is 0.841. The summed E-state index contributed by atoms with van der Waals surface area (Å²) in [4.78, 5) is 6.46. The lowest BCUT2D eigenvalue weighted by molar-refractivity contribution is 0.311. The molecule has 1 N–H and O–H groups in total. The van der Waals surface area contributed by atoms with Crippen molar-refractivity contribution in [1.82, 2.24) is 9.88 Å². The van der Waals surface area contributed by atoms with Gasteiger partial charge in [-0.25, -0.2) is 4.98 Å². The lowest BCUT2D eigenvalue weighted by atomic mass is 10.0. The van der Waals surface area contributed by atoms with Crippen LogP contribution in [0.3, 0.4) is 0 Å². The van der Waals surface area contributed by atoms with Crippen LogP contribution in [0.25, 0.3) is 0 Å². The number of anilines is 1. The Labute approximate surface area is 125 Å². The van der Waals surface area contributed by atoms with Gasteiger partial charge in [0.25, 0.3) is 0 Å². The molecule has 2 aromatic rings. The Morgan fingerprint density at radius 3 is 2.40 bits per heavy atom. The van der Waals surface area contributed by atoms with Gasteiger partial charge in [0.1, 0.15) is 5.82 Å². The molecule has 3 nitrogen and oxygen atoms in total. The van der Waals surface area contributed by atoms with Gasteiger partial charge < -0.3 is 10.2 Å². The van der Waals surface area contributed by atoms with E-state index in [0.717, 1.165) is 12.4 Å². The molecule has 20 heavy (non-hydrogen) atoms. The molecule has 0 spiro atoms. The van der Waals surface area contributed by atoms with Gasteiger partial charge in [-0.1, -0.05) is 41.4 Å². The van der Waals surface area contributed by atoms with Crippen molar-refractivity contribution in [3.8, 4) is 0 Å². The van der Waals surface area contributed by atoms with Gasteiger partial charge >= 0.3 is 0 Å². The van der Waals surface area contributed by atoms with Gasteiger partial charge in [-0.05, 0) is 38.7 Å². The minimum Gasteiger partial charge on any atom is -0.368 e. The number of halogens is 1. The van der Waals surface area contributed by atoms with Crippen LogP contribution in [0.15, 0.2) is 42.6 Å². The van der Waals surface area contributed by atoms with Crippen LogP contribution in [0.1, 0.15) is 17.2 Å². The summed E-state index contributed by atoms with van der Waals surface area (Å²) >= 11 is 5.84. The van der Waals surface area contributed by atoms with Crippen LogP contribution in [-0.4, -0.2) is 30.5 Å². The Hall–Kier alpha value is -1.58. The molecular formula is C16H20ClN3. The molecule has 4 heteroatoms. The molecule has 0 amide bonds. The van der Waals surface area contributed by atoms with Gasteiger partial charge in [0.05, 0.1) is 11.1 Å². The molecule has 0 saturated carbocycles. The molecule has 1 aromatic heterocycles. The molecule has 0 saturated heterocycles. The first-order valence-corrected chi connectivity index (χ1v) is 7.02. The van der Waals surface area contributed by atoms with Gasteiger partial charge in [0.15, 0.2) is 0 Å². The third-order valence-corrected chi connectivity index (χ3v) is 3.51. The standard InChI is InChI=1S/C16H20ClN3/c1-12-4-6-13(7-5-12)15(20(2)3)11-19-16-9-8-14(17)10-18-16/h4-10,15H,11H2,1-3H3,(H,18,19). The van der Waals surface area contributed by atoms with Crippen molar-refractivity contribution in [3.05, 3.63) is 58.7 Å². The van der Waals surface area contributed by atoms with Gasteiger partial charge in [0.2, 0.25) is 0 Å². The van der Waals surface area contributed by atoms with Crippen molar-refractivity contribution < 1.29 is 0 Å². The first-order valence-electron chi connectivity index (χ1n) is 6.64. The molecule has 2 rings (SSSR count). The average molecular weight is 290 g/mol. The Balaban J connectivity index is 2.06. The number of pyridine rings is 1. The first kappa shape index (κ1) is 14.8. The van der Waals surface area contributed by atoms with E-state index < -0.39 is 0 Å². The summed E-state index contributed by atoms with van der Waals surface area (Å²) < 4.78 is 0. The monoisotopic (exact) mass is 289 g/mol. The van der Waals surface area contributed by atoms with Crippen LogP contribution in [0.5, 0.6) is 0 Å². The number of hydrogen-bond donors (Lipinski definition) is 1. The van der Waals surface area contributed by atoms with Crippen molar-refractivity contribution in [1.29, 1.82) is 0 Å². The van der Waals surface area contributed by atoms with E-state index in [1.807, 2.05) is 12.1 Å². The fourth-order valence-corrected chi connectivity index (χ4v) is 2.18. The van der Waals surface area contributed by atoms with Crippen molar-refractivity contribution in [2.45, 2.75) is 13.0 Å². The molecule has 0 radical (unpaired) electrons. The van der Waals surface area contributed by atoms with Crippen molar-refractivity contribution in [3.63, 3.8) is 0 Å². The smallest absolute Gasteiger partial charge is 0.126 e. The highest BCUT2D eigenvalue weighted by Crippen LogP contribution is 2.19. The largest absolute Gasteiger partial charge is 0.368 e. The van der Waals surface area contributed by atoms with E-state index in [4.69, 9.17) is 11.6 Å². The minimum absolute atomic E-state index is 0.299. The van der Waals surface area contributed by atoms with Crippen LogP contribution in [-0.2, 0) is 0 Å². The van der Waals surface area contributed by atoms with E-state index in [-0.39, 0.29) is 0 Å². The van der Waals surface area contributed by atoms with Crippen LogP contribution >= 0.6 is 11.6 Å². The van der Waals surface area contributed by atoms with Gasteiger partial charge in [-0.2, -0.15) is 0 Å². The number of benzene rings is 1. The van der Waals surface area contributed by atoms with Gasteiger partial charge in [0, 0.05) is 12.7 Å². The lowest BCUT2D eigenvalue weighted by Crippen LogP contribution is -2.27. The number of nitrogens with one attached hydrogen (secondary N) is 1. The zero-order valence-electron chi connectivity index (χ0n) is 12.1. The minimum atomic E-state index is 0.299. The van der Waals surface area contributed by atoms with E-state index in [9.17, 15) is 0 Å². The average Bonchev–Trinajstić information content (AvgIpc) is 2.43. The number of aryl methyl sites for hydroxylation is 1. The molecule has 0 aliphatic rings. The Morgan fingerprint density at radius 2 is 1.85 bits per heavy atom. The van der Waals surface area contributed by atoms with Crippen LogP contribution in [0.2, 0.25) is 5.02 Å². The molecule has 1 aromatic carbocycles. The topological polar surface area (TPSA) is 28.2 Å². The second-order valence-electron chi connectivity index (χ2n) is 5.13. The van der Waals surface area contributed by atoms with Crippen molar-refractivity contribution in [2.24, 2.45) is 0 Å². The van der Waals surface area contributed by atoms with Crippen LogP contribution < -0.4 is 5.32 Å². The van der Waals surface area contributed by atoms with Crippen LogP contribution in [0, 0.1) is 6.92 Å². The predicted molar refractivity (Wildman–Crippen MR) is 85.3 cm³/mol. The number of hydrogen-bond acceptors (Lipinski definition) is 3. The molecule has 106 valence electrons. The zero-order valence-corrected chi connectivity index (χ0v) is 12.9. The fraction of sp³-hybridized carbons (Fsp3) is 0.312. The summed E-state index contributed by atoms with van der Waals surface area (Å²) in [5, 5.41) is 4.01. The Bertz CT molecular complexity index is 535. The number of aromatic nitrogens is 1. The molecule has 1 unspecified atom stereocenters. The summed E-state index contributed by atoms with van der Waals surface area (Å²) in [6.45, 7) is 2.90. The summed E-state index contributed by atoms with van der Waals surface area (Å²) in [5.41, 5.74) is 2.57. The summed E-state index contributed by atoms with van der Waals surface area (Å²) in [6, 6.07) is 12.7. The molecular weight excluding hydrogens is 270 g/mol. The maximum Gasteiger partial charge on any atom is 0.126 e. The number of likely N-dealkylation sites (N-methyl/N-ethyl adjacent to an activating group) is 1. The highest BCUT2D eigenvalue weighted by atomic mass is 35.5. The van der Waals surface area contributed by atoms with Crippen LogP contribution in [0.4, 0.5) is 5.82 Å². The Kier molecular flexibility index (Phi) is 4.99. The van der Waals surface area contributed by atoms with E-state index in [0.29, 0.717) is 11.1 Å². The molecule has 1 heterocycles. The lowest BCUT2D eigenvalue weighted by Gasteiger charge is -2.25. The number of nitrogens with zero attached hydrogens (tertiary/aromatic N) is 2. The molecule has 0 aliphatic heterocycles. The third kappa shape index (κ3) is 3.95. The van der Waals surface area contributed by atoms with E-state index in [1.165, 1.54) is 11.1 Å². The molecule has 0 bridgehead atoms. The fourth-order valence-electron chi connectivity index (χ4n) is 2.07. The second-order valence-corrected chi connectivity index (χ2v) is 5.57. The quantitative estimate of drug-likeness (QED) is 0.908. The van der Waals surface area contributed by atoms with E-state index in [2.05, 4.69) is 60.5 Å². The maximum absolute atomic E-state index is 5.84. The SMILES string of the molecule is Cc1ccc(C(CNc2ccc(Cl)cn2)N(C)C)cc1. The Morgan fingerprint density at radius 1 is 1.15 bits per heavy atom. The first-order chi connectivity index (χ1) is 9.56. The zero-order chi connectivity index (χ0) is 14.5. The molecule has 0 fully saturated rings. The summed E-state index contributed by atoms with van der Waals surface area (Å²) in [6.07, 6.45) is 1.65. The van der Waals surface area contributed by atoms with E-state index in [1.54, 1.807) is 6.20 Å².